The first-order valence-electron chi connectivity index (χ1n) is 9.08. The van der Waals surface area contributed by atoms with Gasteiger partial charge in [0.05, 0.1) is 19.3 Å². The number of esters is 1. The van der Waals surface area contributed by atoms with Gasteiger partial charge in [0.2, 0.25) is 5.91 Å². The molecule has 3 saturated heterocycles. The molecule has 4 fully saturated rings. The monoisotopic (exact) mass is 351 g/mol. The maximum atomic E-state index is 13.1. The largest absolute Gasteiger partial charge is 0.468 e. The van der Waals surface area contributed by atoms with Crippen LogP contribution in [0.4, 0.5) is 0 Å². The lowest BCUT2D eigenvalue weighted by Gasteiger charge is -2.59. The molecule has 0 unspecified atom stereocenters. The van der Waals surface area contributed by atoms with Gasteiger partial charge in [-0.2, -0.15) is 0 Å². The van der Waals surface area contributed by atoms with Crippen LogP contribution in [0.2, 0.25) is 0 Å². The van der Waals surface area contributed by atoms with Crippen molar-refractivity contribution in [2.24, 2.45) is 0 Å². The van der Waals surface area contributed by atoms with E-state index in [0.29, 0.717) is 32.1 Å². The van der Waals surface area contributed by atoms with Crippen LogP contribution in [0, 0.1) is 0 Å². The number of rotatable bonds is 3. The van der Waals surface area contributed by atoms with Crippen molar-refractivity contribution in [2.45, 2.75) is 55.8 Å². The van der Waals surface area contributed by atoms with Crippen molar-refractivity contribution in [3.05, 3.63) is 0 Å². The van der Waals surface area contributed by atoms with Gasteiger partial charge in [0.1, 0.15) is 12.1 Å². The number of carbonyl (C=O) groups excluding carboxylic acids is 3. The van der Waals surface area contributed by atoms with Gasteiger partial charge in [0.25, 0.3) is 5.91 Å². The number of β-amino-alcohol motifs (C(OH)–C–C–N with tert-alkyl or cyclic N) is 1. The van der Waals surface area contributed by atoms with Gasteiger partial charge >= 0.3 is 5.97 Å². The molecule has 3 aliphatic heterocycles. The first-order valence-corrected chi connectivity index (χ1v) is 9.08. The van der Waals surface area contributed by atoms with E-state index in [-0.39, 0.29) is 12.5 Å². The van der Waals surface area contributed by atoms with E-state index >= 15 is 0 Å². The Balaban J connectivity index is 1.59. The zero-order valence-corrected chi connectivity index (χ0v) is 14.5. The molecular formula is C17H25N3O5. The Kier molecular flexibility index (Phi) is 4.09. The van der Waals surface area contributed by atoms with Crippen LogP contribution in [0.3, 0.4) is 0 Å². The summed E-state index contributed by atoms with van der Waals surface area (Å²) in [6.07, 6.45) is 4.45. The Labute approximate surface area is 146 Å². The van der Waals surface area contributed by atoms with Crippen LogP contribution in [0.5, 0.6) is 0 Å². The molecule has 0 bridgehead atoms. The third-order valence-electron chi connectivity index (χ3n) is 6.31. The summed E-state index contributed by atoms with van der Waals surface area (Å²) in [5.74, 6) is -1.31. The molecular weight excluding hydrogens is 326 g/mol. The van der Waals surface area contributed by atoms with E-state index in [1.54, 1.807) is 0 Å². The SMILES string of the molecule is COC(=O)CN1C(=O)[C@@H]2C[C@@H](O)CN2C2(CN(C3CCCC3)C2)C1=O. The molecule has 0 radical (unpaired) electrons. The summed E-state index contributed by atoms with van der Waals surface area (Å²) in [5.41, 5.74) is -0.785. The summed E-state index contributed by atoms with van der Waals surface area (Å²) >= 11 is 0. The molecule has 0 aromatic carbocycles. The quantitative estimate of drug-likeness (QED) is 0.513. The number of methoxy groups -OCH3 is 1. The average Bonchev–Trinajstić information content (AvgIpc) is 3.20. The van der Waals surface area contributed by atoms with Crippen molar-refractivity contribution >= 4 is 17.8 Å². The number of imide groups is 1. The summed E-state index contributed by atoms with van der Waals surface area (Å²) in [6.45, 7) is 1.14. The van der Waals surface area contributed by atoms with Gasteiger partial charge in [0.15, 0.2) is 0 Å². The van der Waals surface area contributed by atoms with Crippen LogP contribution >= 0.6 is 0 Å². The highest BCUT2D eigenvalue weighted by Crippen LogP contribution is 2.42. The molecule has 4 aliphatic rings. The fourth-order valence-corrected chi connectivity index (χ4v) is 4.99. The summed E-state index contributed by atoms with van der Waals surface area (Å²) in [5, 5.41) is 10.1. The number of carbonyl (C=O) groups is 3. The fraction of sp³-hybridized carbons (Fsp3) is 0.824. The molecule has 1 N–H and O–H groups in total. The molecule has 3 heterocycles. The Bertz CT molecular complexity index is 597. The lowest BCUT2D eigenvalue weighted by atomic mass is 9.81. The third kappa shape index (κ3) is 2.50. The van der Waals surface area contributed by atoms with E-state index in [2.05, 4.69) is 9.64 Å². The number of likely N-dealkylation sites (tertiary alicyclic amines) is 1. The Morgan fingerprint density at radius 1 is 1.28 bits per heavy atom. The zero-order chi connectivity index (χ0) is 17.8. The number of aliphatic hydroxyl groups is 1. The van der Waals surface area contributed by atoms with E-state index in [0.717, 1.165) is 17.7 Å². The van der Waals surface area contributed by atoms with E-state index in [1.165, 1.54) is 20.0 Å². The maximum absolute atomic E-state index is 13.1. The minimum absolute atomic E-state index is 0.314. The fourth-order valence-electron chi connectivity index (χ4n) is 4.99. The second kappa shape index (κ2) is 6.03. The Hall–Kier alpha value is -1.51. The number of nitrogens with zero attached hydrogens (tertiary/aromatic N) is 3. The summed E-state index contributed by atoms with van der Waals surface area (Å²) in [7, 11) is 1.24. The smallest absolute Gasteiger partial charge is 0.325 e. The van der Waals surface area contributed by atoms with E-state index in [9.17, 15) is 19.5 Å². The van der Waals surface area contributed by atoms with E-state index in [1.807, 2.05) is 4.90 Å². The lowest BCUT2D eigenvalue weighted by Crippen LogP contribution is -2.82. The molecule has 4 rings (SSSR count). The minimum Gasteiger partial charge on any atom is -0.468 e. The minimum atomic E-state index is -0.785. The molecule has 1 aliphatic carbocycles. The summed E-state index contributed by atoms with van der Waals surface area (Å²) in [4.78, 5) is 42.8. The standard InChI is InChI=1S/C17H25N3O5/c1-25-14(22)8-19-15(23)13-6-12(21)7-20(13)17(16(19)24)9-18(10-17)11-4-2-3-5-11/h11-13,21H,2-10H2,1H3/t12-,13+/m1/s1. The molecule has 0 aromatic rings. The van der Waals surface area contributed by atoms with Crippen molar-refractivity contribution in [3.63, 3.8) is 0 Å². The summed E-state index contributed by atoms with van der Waals surface area (Å²) in [6, 6.07) is -0.0147. The number of aliphatic hydroxyl groups excluding tert-OH is 1. The molecule has 8 heteroatoms. The molecule has 2 atom stereocenters. The van der Waals surface area contributed by atoms with Crippen molar-refractivity contribution in [2.75, 3.05) is 33.3 Å². The number of hydrogen-bond donors (Lipinski definition) is 1. The highest BCUT2D eigenvalue weighted by Gasteiger charge is 2.65. The van der Waals surface area contributed by atoms with Crippen LogP contribution in [-0.2, 0) is 19.1 Å². The van der Waals surface area contributed by atoms with Crippen LogP contribution in [0.15, 0.2) is 0 Å². The number of piperazine rings is 1. The number of amides is 2. The lowest BCUT2D eigenvalue weighted by molar-refractivity contribution is -0.184. The number of hydrogen-bond acceptors (Lipinski definition) is 7. The zero-order valence-electron chi connectivity index (χ0n) is 14.5. The van der Waals surface area contributed by atoms with E-state index in [4.69, 9.17) is 0 Å². The van der Waals surface area contributed by atoms with E-state index < -0.39 is 29.6 Å². The van der Waals surface area contributed by atoms with Crippen LogP contribution in [0.25, 0.3) is 0 Å². The Morgan fingerprint density at radius 3 is 2.60 bits per heavy atom. The van der Waals surface area contributed by atoms with Crippen molar-refractivity contribution in [1.29, 1.82) is 0 Å². The molecule has 2 amide bonds. The normalized spacial score (nSPS) is 33.0. The van der Waals surface area contributed by atoms with Crippen LogP contribution in [-0.4, -0.2) is 94.6 Å². The molecule has 0 aromatic heterocycles. The van der Waals surface area contributed by atoms with Gasteiger partial charge in [0, 0.05) is 25.7 Å². The molecule has 8 nitrogen and oxygen atoms in total. The van der Waals surface area contributed by atoms with Gasteiger partial charge in [-0.25, -0.2) is 0 Å². The van der Waals surface area contributed by atoms with Crippen molar-refractivity contribution in [1.82, 2.24) is 14.7 Å². The number of fused-ring (bicyclic) bond motifs is 2. The second-order valence-corrected chi connectivity index (χ2v) is 7.74. The predicted octanol–water partition coefficient (Wildman–Crippen LogP) is -1.04. The van der Waals surface area contributed by atoms with Crippen molar-refractivity contribution in [3.8, 4) is 0 Å². The van der Waals surface area contributed by atoms with Gasteiger partial charge in [-0.1, -0.05) is 12.8 Å². The molecule has 1 saturated carbocycles. The van der Waals surface area contributed by atoms with Crippen LogP contribution < -0.4 is 0 Å². The highest BCUT2D eigenvalue weighted by atomic mass is 16.5. The molecule has 1 spiro atoms. The predicted molar refractivity (Wildman–Crippen MR) is 86.4 cm³/mol. The van der Waals surface area contributed by atoms with Gasteiger partial charge in [-0.15, -0.1) is 0 Å². The molecule has 138 valence electrons. The number of ether oxygens (including phenoxy) is 1. The first-order chi connectivity index (χ1) is 12.0. The topological polar surface area (TPSA) is 90.4 Å². The summed E-state index contributed by atoms with van der Waals surface area (Å²) < 4.78 is 4.65. The third-order valence-corrected chi connectivity index (χ3v) is 6.31. The first kappa shape index (κ1) is 16.9. The van der Waals surface area contributed by atoms with Crippen LogP contribution in [0.1, 0.15) is 32.1 Å². The molecule has 25 heavy (non-hydrogen) atoms. The highest BCUT2D eigenvalue weighted by molar-refractivity contribution is 6.07. The van der Waals surface area contributed by atoms with Crippen molar-refractivity contribution < 1.29 is 24.2 Å². The maximum Gasteiger partial charge on any atom is 0.325 e. The Morgan fingerprint density at radius 2 is 1.96 bits per heavy atom. The van der Waals surface area contributed by atoms with Gasteiger partial charge in [-0.05, 0) is 19.3 Å². The average molecular weight is 351 g/mol. The van der Waals surface area contributed by atoms with Gasteiger partial charge < -0.3 is 9.84 Å². The second-order valence-electron chi connectivity index (χ2n) is 7.74. The van der Waals surface area contributed by atoms with Gasteiger partial charge in [-0.3, -0.25) is 29.1 Å².